The molecule has 1 heterocycles. The van der Waals surface area contributed by atoms with Gasteiger partial charge in [-0.2, -0.15) is 4.31 Å². The number of benzene rings is 1. The monoisotopic (exact) mass is 438 g/mol. The first-order chi connectivity index (χ1) is 14.3. The number of nitrogens with zero attached hydrogens (tertiary/aromatic N) is 3. The lowest BCUT2D eigenvalue weighted by molar-refractivity contribution is -0.122. The van der Waals surface area contributed by atoms with E-state index in [1.807, 2.05) is 26.8 Å². The average Bonchev–Trinajstić information content (AvgIpc) is 3.04. The molecular formula is C21H34N4O4S. The van der Waals surface area contributed by atoms with Gasteiger partial charge in [-0.15, -0.1) is 0 Å². The maximum Gasteiger partial charge on any atom is 0.243 e. The summed E-state index contributed by atoms with van der Waals surface area (Å²) in [5.74, 6) is 0.734. The highest BCUT2D eigenvalue weighted by molar-refractivity contribution is 7.89. The van der Waals surface area contributed by atoms with Gasteiger partial charge in [-0.25, -0.2) is 13.4 Å². The largest absolute Gasteiger partial charge is 0.383 e. The molecule has 0 saturated carbocycles. The predicted octanol–water partition coefficient (Wildman–Crippen LogP) is 2.56. The maximum absolute atomic E-state index is 12.9. The number of carbonyl (C=O) groups excluding carboxylic acids is 1. The van der Waals surface area contributed by atoms with E-state index in [9.17, 15) is 13.2 Å². The number of amides is 1. The Morgan fingerprint density at radius 1 is 1.27 bits per heavy atom. The summed E-state index contributed by atoms with van der Waals surface area (Å²) in [6, 6.07) is 5.05. The van der Waals surface area contributed by atoms with Crippen LogP contribution in [0.3, 0.4) is 0 Å². The lowest BCUT2D eigenvalue weighted by atomic mass is 10.2. The fraction of sp³-hybridized carbons (Fsp3) is 0.619. The van der Waals surface area contributed by atoms with Crippen LogP contribution in [0.2, 0.25) is 0 Å². The Bertz CT molecular complexity index is 951. The molecule has 0 aliphatic heterocycles. The number of sulfonamides is 1. The SMILES string of the molecule is CCCn1c(CCC(=O)NC(C)COC)nc2cc(S(=O)(=O)N(CC)CC)ccc21. The van der Waals surface area contributed by atoms with Gasteiger partial charge in [0.25, 0.3) is 0 Å². The van der Waals surface area contributed by atoms with E-state index in [2.05, 4.69) is 21.8 Å². The summed E-state index contributed by atoms with van der Waals surface area (Å²) in [5.41, 5.74) is 1.53. The van der Waals surface area contributed by atoms with E-state index in [-0.39, 0.29) is 16.8 Å². The molecule has 2 aromatic rings. The highest BCUT2D eigenvalue weighted by atomic mass is 32.2. The molecule has 1 N–H and O–H groups in total. The van der Waals surface area contributed by atoms with Gasteiger partial charge < -0.3 is 14.6 Å². The first kappa shape index (κ1) is 24.3. The molecule has 1 unspecified atom stereocenters. The first-order valence-corrected chi connectivity index (χ1v) is 12.0. The van der Waals surface area contributed by atoms with Gasteiger partial charge in [0.1, 0.15) is 5.82 Å². The van der Waals surface area contributed by atoms with Gasteiger partial charge >= 0.3 is 0 Å². The van der Waals surface area contributed by atoms with E-state index in [4.69, 9.17) is 4.74 Å². The normalized spacial score (nSPS) is 13.1. The molecular weight excluding hydrogens is 404 g/mol. The fourth-order valence-corrected chi connectivity index (χ4v) is 5.04. The zero-order valence-corrected chi connectivity index (χ0v) is 19.5. The van der Waals surface area contributed by atoms with Crippen molar-refractivity contribution in [3.8, 4) is 0 Å². The van der Waals surface area contributed by atoms with Crippen molar-refractivity contribution in [2.75, 3.05) is 26.8 Å². The number of methoxy groups -OCH3 is 1. The van der Waals surface area contributed by atoms with Gasteiger partial charge in [-0.05, 0) is 31.5 Å². The number of fused-ring (bicyclic) bond motifs is 1. The lowest BCUT2D eigenvalue weighted by Crippen LogP contribution is -2.35. The Kier molecular flexibility index (Phi) is 8.81. The van der Waals surface area contributed by atoms with Gasteiger partial charge in [0.2, 0.25) is 15.9 Å². The second-order valence-corrected chi connectivity index (χ2v) is 9.28. The Balaban J connectivity index is 2.30. The summed E-state index contributed by atoms with van der Waals surface area (Å²) in [6.07, 6.45) is 1.71. The van der Waals surface area contributed by atoms with Crippen LogP contribution in [0.4, 0.5) is 0 Å². The van der Waals surface area contributed by atoms with Crippen molar-refractivity contribution in [2.24, 2.45) is 0 Å². The third kappa shape index (κ3) is 5.59. The quantitative estimate of drug-likeness (QED) is 0.550. The van der Waals surface area contributed by atoms with Gasteiger partial charge in [0.05, 0.1) is 22.5 Å². The number of aromatic nitrogens is 2. The van der Waals surface area contributed by atoms with Crippen molar-refractivity contribution < 1.29 is 17.9 Å². The predicted molar refractivity (Wildman–Crippen MR) is 118 cm³/mol. The highest BCUT2D eigenvalue weighted by Gasteiger charge is 2.23. The third-order valence-corrected chi connectivity index (χ3v) is 7.03. The van der Waals surface area contributed by atoms with Crippen molar-refractivity contribution in [3.05, 3.63) is 24.0 Å². The summed E-state index contributed by atoms with van der Waals surface area (Å²) >= 11 is 0. The van der Waals surface area contributed by atoms with E-state index >= 15 is 0 Å². The molecule has 1 aromatic heterocycles. The van der Waals surface area contributed by atoms with Crippen LogP contribution in [0.25, 0.3) is 11.0 Å². The molecule has 1 atom stereocenters. The smallest absolute Gasteiger partial charge is 0.243 e. The minimum Gasteiger partial charge on any atom is -0.383 e. The molecule has 0 radical (unpaired) electrons. The number of hydrogen-bond acceptors (Lipinski definition) is 5. The summed E-state index contributed by atoms with van der Waals surface area (Å²) in [6.45, 7) is 9.68. The van der Waals surface area contributed by atoms with Crippen molar-refractivity contribution in [2.45, 2.75) is 64.4 Å². The van der Waals surface area contributed by atoms with E-state index in [0.29, 0.717) is 38.1 Å². The Morgan fingerprint density at radius 2 is 1.97 bits per heavy atom. The number of rotatable bonds is 12. The molecule has 30 heavy (non-hydrogen) atoms. The minimum absolute atomic E-state index is 0.0511. The van der Waals surface area contributed by atoms with Crippen molar-refractivity contribution in [1.82, 2.24) is 19.2 Å². The molecule has 1 amide bonds. The second kappa shape index (κ2) is 10.9. The van der Waals surface area contributed by atoms with E-state index < -0.39 is 10.0 Å². The number of carbonyl (C=O) groups is 1. The lowest BCUT2D eigenvalue weighted by Gasteiger charge is -2.18. The minimum atomic E-state index is -3.55. The molecule has 0 spiro atoms. The molecule has 0 fully saturated rings. The Morgan fingerprint density at radius 3 is 2.57 bits per heavy atom. The van der Waals surface area contributed by atoms with Gasteiger partial charge in [-0.3, -0.25) is 4.79 Å². The van der Waals surface area contributed by atoms with E-state index in [0.717, 1.165) is 24.3 Å². The molecule has 168 valence electrons. The molecule has 0 aliphatic rings. The van der Waals surface area contributed by atoms with Gasteiger partial charge in [-0.1, -0.05) is 20.8 Å². The Labute approximate surface area is 179 Å². The van der Waals surface area contributed by atoms with Crippen LogP contribution < -0.4 is 5.32 Å². The zero-order valence-electron chi connectivity index (χ0n) is 18.6. The number of aryl methyl sites for hydroxylation is 2. The molecule has 0 aliphatic carbocycles. The van der Waals surface area contributed by atoms with E-state index in [1.165, 1.54) is 4.31 Å². The second-order valence-electron chi connectivity index (χ2n) is 7.34. The topological polar surface area (TPSA) is 93.5 Å². The highest BCUT2D eigenvalue weighted by Crippen LogP contribution is 2.24. The van der Waals surface area contributed by atoms with Crippen LogP contribution in [0.5, 0.6) is 0 Å². The average molecular weight is 439 g/mol. The summed E-state index contributed by atoms with van der Waals surface area (Å²) in [5, 5.41) is 2.90. The third-order valence-electron chi connectivity index (χ3n) is 4.99. The zero-order chi connectivity index (χ0) is 22.3. The standard InChI is InChI=1S/C21H34N4O4S/c1-6-13-25-19-10-9-17(30(27,28)24(7-2)8-3)14-18(19)23-20(25)11-12-21(26)22-16(4)15-29-5/h9-10,14,16H,6-8,11-13,15H2,1-5H3,(H,22,26). The summed E-state index contributed by atoms with van der Waals surface area (Å²) in [7, 11) is -1.94. The molecule has 8 nitrogen and oxygen atoms in total. The number of imidazole rings is 1. The number of hydrogen-bond donors (Lipinski definition) is 1. The number of nitrogens with one attached hydrogen (secondary N) is 1. The molecule has 0 saturated heterocycles. The van der Waals surface area contributed by atoms with Crippen molar-refractivity contribution >= 4 is 27.0 Å². The maximum atomic E-state index is 12.9. The van der Waals surface area contributed by atoms with Crippen molar-refractivity contribution in [1.29, 1.82) is 0 Å². The molecule has 0 bridgehead atoms. The Hall–Kier alpha value is -1.97. The summed E-state index contributed by atoms with van der Waals surface area (Å²) < 4.78 is 34.3. The van der Waals surface area contributed by atoms with Crippen LogP contribution in [0, 0.1) is 0 Å². The molecule has 2 rings (SSSR count). The van der Waals surface area contributed by atoms with Crippen molar-refractivity contribution in [3.63, 3.8) is 0 Å². The van der Waals surface area contributed by atoms with Crippen LogP contribution in [-0.4, -0.2) is 61.0 Å². The number of ether oxygens (including phenoxy) is 1. The molecule has 9 heteroatoms. The fourth-order valence-electron chi connectivity index (χ4n) is 3.56. The van der Waals surface area contributed by atoms with Crippen LogP contribution in [-0.2, 0) is 32.5 Å². The first-order valence-electron chi connectivity index (χ1n) is 10.6. The van der Waals surface area contributed by atoms with E-state index in [1.54, 1.807) is 19.2 Å². The van der Waals surface area contributed by atoms with Crippen LogP contribution >= 0.6 is 0 Å². The van der Waals surface area contributed by atoms with Crippen LogP contribution in [0.1, 0.15) is 46.4 Å². The van der Waals surface area contributed by atoms with Gasteiger partial charge in [0, 0.05) is 45.6 Å². The van der Waals surface area contributed by atoms with Crippen LogP contribution in [0.15, 0.2) is 23.1 Å². The summed E-state index contributed by atoms with van der Waals surface area (Å²) in [4.78, 5) is 17.2. The van der Waals surface area contributed by atoms with Gasteiger partial charge in [0.15, 0.2) is 0 Å². The molecule has 1 aromatic carbocycles.